The second-order valence-electron chi connectivity index (χ2n) is 5.38. The summed E-state index contributed by atoms with van der Waals surface area (Å²) in [6.07, 6.45) is 2.17. The Balaban J connectivity index is 2.00. The minimum Gasteiger partial charge on any atom is -0.380 e. The second-order valence-corrected chi connectivity index (χ2v) is 5.38. The Morgan fingerprint density at radius 2 is 2.22 bits per heavy atom. The molecule has 2 unspecified atom stereocenters. The van der Waals surface area contributed by atoms with E-state index >= 15 is 0 Å². The summed E-state index contributed by atoms with van der Waals surface area (Å²) in [6, 6.07) is 0.476. The molecule has 100 valence electrons. The number of rotatable bonds is 2. The molecule has 0 bridgehead atoms. The van der Waals surface area contributed by atoms with Crippen LogP contribution >= 0.6 is 0 Å². The largest absolute Gasteiger partial charge is 0.380 e. The number of likely N-dealkylation sites (N-methyl/N-ethyl adjacent to an activating group) is 1. The number of anilines is 2. The maximum atomic E-state index is 5.62. The van der Waals surface area contributed by atoms with E-state index in [-0.39, 0.29) is 0 Å². The Hall–Kier alpha value is -1.23. The van der Waals surface area contributed by atoms with Crippen molar-refractivity contribution in [3.63, 3.8) is 0 Å². The van der Waals surface area contributed by atoms with E-state index in [4.69, 9.17) is 4.74 Å². The summed E-state index contributed by atoms with van der Waals surface area (Å²) in [6.45, 7) is 4.89. The van der Waals surface area contributed by atoms with Gasteiger partial charge in [0, 0.05) is 26.6 Å². The highest BCUT2D eigenvalue weighted by Gasteiger charge is 2.37. The zero-order chi connectivity index (χ0) is 12.7. The Morgan fingerprint density at radius 1 is 1.39 bits per heavy atom. The first-order valence-corrected chi connectivity index (χ1v) is 6.82. The highest BCUT2D eigenvalue weighted by Crippen LogP contribution is 2.36. The van der Waals surface area contributed by atoms with Gasteiger partial charge in [0.15, 0.2) is 5.82 Å². The van der Waals surface area contributed by atoms with Gasteiger partial charge < -0.3 is 15.0 Å². The molecule has 5 heteroatoms. The zero-order valence-corrected chi connectivity index (χ0v) is 11.4. The van der Waals surface area contributed by atoms with Crippen LogP contribution in [-0.2, 0) is 18.2 Å². The van der Waals surface area contributed by atoms with Gasteiger partial charge in [-0.05, 0) is 6.42 Å². The van der Waals surface area contributed by atoms with Crippen LogP contribution in [0, 0.1) is 5.92 Å². The number of nitrogens with one attached hydrogen (secondary N) is 1. The third kappa shape index (κ3) is 1.68. The van der Waals surface area contributed by atoms with Crippen molar-refractivity contribution in [1.29, 1.82) is 0 Å². The van der Waals surface area contributed by atoms with Crippen molar-refractivity contribution in [1.82, 2.24) is 9.78 Å². The van der Waals surface area contributed by atoms with Crippen LogP contribution < -0.4 is 10.2 Å². The van der Waals surface area contributed by atoms with Crippen molar-refractivity contribution < 1.29 is 4.74 Å². The molecule has 0 saturated carbocycles. The van der Waals surface area contributed by atoms with Crippen LogP contribution in [0.1, 0.15) is 19.0 Å². The van der Waals surface area contributed by atoms with E-state index in [0.29, 0.717) is 12.0 Å². The number of fused-ring (bicyclic) bond motifs is 2. The van der Waals surface area contributed by atoms with E-state index in [1.165, 1.54) is 17.2 Å². The Kier molecular flexibility index (Phi) is 2.93. The van der Waals surface area contributed by atoms with Gasteiger partial charge in [-0.25, -0.2) is 0 Å². The minimum atomic E-state index is 0.476. The first kappa shape index (κ1) is 11.8. The van der Waals surface area contributed by atoms with Gasteiger partial charge in [0.1, 0.15) is 5.69 Å². The molecule has 1 N–H and O–H groups in total. The molecule has 0 radical (unpaired) electrons. The van der Waals surface area contributed by atoms with E-state index < -0.39 is 0 Å². The van der Waals surface area contributed by atoms with Crippen molar-refractivity contribution >= 4 is 11.5 Å². The number of ether oxygens (including phenoxy) is 1. The first-order valence-electron chi connectivity index (χ1n) is 6.82. The van der Waals surface area contributed by atoms with E-state index in [1.807, 2.05) is 11.7 Å². The van der Waals surface area contributed by atoms with Crippen LogP contribution in [0.15, 0.2) is 0 Å². The number of hydrogen-bond donors (Lipinski definition) is 1. The summed E-state index contributed by atoms with van der Waals surface area (Å²) in [5.41, 5.74) is 2.43. The molecule has 3 heterocycles. The molecule has 5 nitrogen and oxygen atoms in total. The summed E-state index contributed by atoms with van der Waals surface area (Å²) in [5, 5.41) is 8.26. The number of aromatic nitrogens is 2. The molecule has 0 aliphatic carbocycles. The monoisotopic (exact) mass is 250 g/mol. The van der Waals surface area contributed by atoms with Gasteiger partial charge in [0.05, 0.1) is 24.9 Å². The van der Waals surface area contributed by atoms with Crippen LogP contribution in [0.3, 0.4) is 0 Å². The van der Waals surface area contributed by atoms with E-state index in [1.54, 1.807) is 0 Å². The molecule has 1 saturated heterocycles. The molecule has 0 aromatic carbocycles. The number of aryl methyl sites for hydroxylation is 2. The van der Waals surface area contributed by atoms with Crippen LogP contribution in [0.5, 0.6) is 0 Å². The third-order valence-electron chi connectivity index (χ3n) is 4.11. The van der Waals surface area contributed by atoms with Gasteiger partial charge in [-0.2, -0.15) is 5.10 Å². The van der Waals surface area contributed by atoms with Gasteiger partial charge in [-0.15, -0.1) is 0 Å². The maximum absolute atomic E-state index is 5.62. The molecule has 0 spiro atoms. The van der Waals surface area contributed by atoms with Crippen LogP contribution in [0.4, 0.5) is 11.5 Å². The van der Waals surface area contributed by atoms with Crippen LogP contribution in [0.2, 0.25) is 0 Å². The quantitative estimate of drug-likeness (QED) is 0.858. The summed E-state index contributed by atoms with van der Waals surface area (Å²) in [7, 11) is 4.20. The number of nitrogens with zero attached hydrogens (tertiary/aromatic N) is 3. The van der Waals surface area contributed by atoms with Gasteiger partial charge in [-0.3, -0.25) is 4.68 Å². The SMILES string of the molecule is CCCc1nn(C)c2c1NCC1COCC1N2C. The fraction of sp³-hybridized carbons (Fsp3) is 0.769. The van der Waals surface area contributed by atoms with E-state index in [0.717, 1.165) is 32.6 Å². The average Bonchev–Trinajstić information content (AvgIpc) is 2.88. The lowest BCUT2D eigenvalue weighted by Gasteiger charge is -2.27. The molecule has 0 amide bonds. The predicted molar refractivity (Wildman–Crippen MR) is 72.2 cm³/mol. The van der Waals surface area contributed by atoms with Crippen LogP contribution in [-0.4, -0.2) is 42.6 Å². The van der Waals surface area contributed by atoms with E-state index in [9.17, 15) is 0 Å². The molecule has 1 fully saturated rings. The molecule has 1 aromatic rings. The minimum absolute atomic E-state index is 0.476. The van der Waals surface area contributed by atoms with Crippen molar-refractivity contribution in [2.24, 2.45) is 13.0 Å². The highest BCUT2D eigenvalue weighted by atomic mass is 16.5. The van der Waals surface area contributed by atoms with Crippen molar-refractivity contribution in [3.05, 3.63) is 5.69 Å². The summed E-state index contributed by atoms with van der Waals surface area (Å²) >= 11 is 0. The van der Waals surface area contributed by atoms with Gasteiger partial charge in [0.2, 0.25) is 0 Å². The van der Waals surface area contributed by atoms with Crippen molar-refractivity contribution in [2.75, 3.05) is 37.0 Å². The topological polar surface area (TPSA) is 42.3 Å². The Morgan fingerprint density at radius 3 is 3.00 bits per heavy atom. The molecule has 2 aliphatic rings. The lowest BCUT2D eigenvalue weighted by Crippen LogP contribution is -2.39. The third-order valence-corrected chi connectivity index (χ3v) is 4.11. The maximum Gasteiger partial charge on any atom is 0.150 e. The Bertz CT molecular complexity index is 442. The molecule has 18 heavy (non-hydrogen) atoms. The zero-order valence-electron chi connectivity index (χ0n) is 11.4. The summed E-state index contributed by atoms with van der Waals surface area (Å²) in [4.78, 5) is 2.35. The first-order chi connectivity index (χ1) is 8.72. The normalized spacial score (nSPS) is 26.5. The standard InChI is InChI=1S/C13H22N4O/c1-4-5-10-12-13(17(3)15-10)16(2)11-8-18-7-9(11)6-14-12/h9,11,14H,4-8H2,1-3H3. The van der Waals surface area contributed by atoms with Gasteiger partial charge in [-0.1, -0.05) is 13.3 Å². The van der Waals surface area contributed by atoms with Gasteiger partial charge >= 0.3 is 0 Å². The molecule has 3 rings (SSSR count). The molecule has 2 atom stereocenters. The fourth-order valence-electron chi connectivity index (χ4n) is 3.17. The molecule has 2 aliphatic heterocycles. The van der Waals surface area contributed by atoms with Crippen LogP contribution in [0.25, 0.3) is 0 Å². The Labute approximate surface area is 108 Å². The van der Waals surface area contributed by atoms with Crippen molar-refractivity contribution in [2.45, 2.75) is 25.8 Å². The average molecular weight is 250 g/mol. The van der Waals surface area contributed by atoms with Gasteiger partial charge in [0.25, 0.3) is 0 Å². The van der Waals surface area contributed by atoms with Crippen molar-refractivity contribution in [3.8, 4) is 0 Å². The summed E-state index contributed by atoms with van der Waals surface area (Å²) < 4.78 is 7.62. The smallest absolute Gasteiger partial charge is 0.150 e. The molecule has 1 aromatic heterocycles. The highest BCUT2D eigenvalue weighted by molar-refractivity contribution is 5.70. The molecular formula is C13H22N4O. The fourth-order valence-corrected chi connectivity index (χ4v) is 3.17. The van der Waals surface area contributed by atoms with E-state index in [2.05, 4.69) is 29.3 Å². The lowest BCUT2D eigenvalue weighted by atomic mass is 10.0. The predicted octanol–water partition coefficient (Wildman–Crippen LogP) is 1.25. The molecular weight excluding hydrogens is 228 g/mol. The summed E-state index contributed by atoms with van der Waals surface area (Å²) in [5.74, 6) is 1.79. The lowest BCUT2D eigenvalue weighted by molar-refractivity contribution is 0.185. The second kappa shape index (κ2) is 4.46. The number of hydrogen-bond acceptors (Lipinski definition) is 4.